The van der Waals surface area contributed by atoms with Crippen molar-refractivity contribution >= 4 is 29.9 Å². The highest BCUT2D eigenvalue weighted by Crippen LogP contribution is 2.14. The molecule has 3 N–H and O–H groups in total. The molecule has 9 heteroatoms. The second-order valence-electron chi connectivity index (χ2n) is 6.32. The lowest BCUT2D eigenvalue weighted by Gasteiger charge is -2.22. The quantitative estimate of drug-likeness (QED) is 0.348. The maximum Gasteiger partial charge on any atom is 0.290 e. The highest BCUT2D eigenvalue weighted by molar-refractivity contribution is 6.38. The molecule has 0 saturated heterocycles. The maximum atomic E-state index is 12.4. The minimum atomic E-state index is -0.974. The second-order valence-corrected chi connectivity index (χ2v) is 6.32. The third-order valence-corrected chi connectivity index (χ3v) is 3.92. The Morgan fingerprint density at radius 3 is 2.29 bits per heavy atom. The Morgan fingerprint density at radius 2 is 1.75 bits per heavy atom. The van der Waals surface area contributed by atoms with E-state index in [4.69, 9.17) is 0 Å². The summed E-state index contributed by atoms with van der Waals surface area (Å²) in [6.45, 7) is 1.33. The van der Waals surface area contributed by atoms with E-state index in [1.165, 1.54) is 4.90 Å². The number of hydrogen-bond acceptors (Lipinski definition) is 5. The predicted molar refractivity (Wildman–Crippen MR) is 102 cm³/mol. The Balaban J connectivity index is 2.72. The first-order valence-electron chi connectivity index (χ1n) is 8.89. The van der Waals surface area contributed by atoms with Crippen molar-refractivity contribution in [2.24, 2.45) is 0 Å². The Kier molecular flexibility index (Phi) is 9.35. The Labute approximate surface area is 163 Å². The highest BCUT2D eigenvalue weighted by atomic mass is 16.2. The van der Waals surface area contributed by atoms with Gasteiger partial charge in [0.15, 0.2) is 0 Å². The van der Waals surface area contributed by atoms with Crippen LogP contribution < -0.4 is 16.0 Å². The summed E-state index contributed by atoms with van der Waals surface area (Å²) < 4.78 is 0. The first-order chi connectivity index (χ1) is 13.3. The molecule has 152 valence electrons. The summed E-state index contributed by atoms with van der Waals surface area (Å²) in [6.07, 6.45) is 1.26. The number of rotatable bonds is 11. The van der Waals surface area contributed by atoms with Gasteiger partial charge in [-0.3, -0.25) is 24.0 Å². The lowest BCUT2D eigenvalue weighted by Crippen LogP contribution is -2.48. The zero-order chi connectivity index (χ0) is 21.1. The fourth-order valence-corrected chi connectivity index (χ4v) is 2.47. The molecule has 0 aromatic heterocycles. The second kappa shape index (κ2) is 11.5. The summed E-state index contributed by atoms with van der Waals surface area (Å²) in [5.41, 5.74) is 0.593. The van der Waals surface area contributed by atoms with Gasteiger partial charge in [-0.2, -0.15) is 0 Å². The van der Waals surface area contributed by atoms with Crippen LogP contribution in [0.1, 0.15) is 31.4 Å². The molecule has 0 heterocycles. The van der Waals surface area contributed by atoms with Crippen molar-refractivity contribution in [1.29, 1.82) is 0 Å². The first-order valence-corrected chi connectivity index (χ1v) is 8.89. The van der Waals surface area contributed by atoms with Crippen LogP contribution in [0.25, 0.3) is 0 Å². The van der Waals surface area contributed by atoms with E-state index >= 15 is 0 Å². The van der Waals surface area contributed by atoms with E-state index < -0.39 is 36.2 Å². The molecule has 0 aliphatic rings. The molecule has 0 bridgehead atoms. The van der Waals surface area contributed by atoms with Crippen molar-refractivity contribution in [2.75, 3.05) is 20.6 Å². The van der Waals surface area contributed by atoms with Crippen LogP contribution in [0.5, 0.6) is 0 Å². The van der Waals surface area contributed by atoms with Gasteiger partial charge < -0.3 is 20.9 Å². The molecule has 28 heavy (non-hydrogen) atoms. The summed E-state index contributed by atoms with van der Waals surface area (Å²) in [4.78, 5) is 60.5. The van der Waals surface area contributed by atoms with Crippen molar-refractivity contribution in [1.82, 2.24) is 20.9 Å². The van der Waals surface area contributed by atoms with Crippen molar-refractivity contribution < 1.29 is 24.0 Å². The van der Waals surface area contributed by atoms with E-state index in [1.54, 1.807) is 44.4 Å². The smallest absolute Gasteiger partial charge is 0.290 e. The maximum absolute atomic E-state index is 12.4. The molecule has 0 aliphatic heterocycles. The third kappa shape index (κ3) is 6.82. The molecule has 2 unspecified atom stereocenters. The van der Waals surface area contributed by atoms with Crippen molar-refractivity contribution in [2.45, 2.75) is 31.8 Å². The fourth-order valence-electron chi connectivity index (χ4n) is 2.47. The van der Waals surface area contributed by atoms with Crippen LogP contribution >= 0.6 is 0 Å². The molecular formula is C19H26N4O5. The van der Waals surface area contributed by atoms with Gasteiger partial charge in [-0.05, 0) is 12.0 Å². The largest absolute Gasteiger partial charge is 0.348 e. The number of carbonyl (C=O) groups excluding carboxylic acids is 5. The normalized spacial score (nSPS) is 12.2. The lowest BCUT2D eigenvalue weighted by molar-refractivity contribution is -0.140. The van der Waals surface area contributed by atoms with Crippen LogP contribution in [-0.4, -0.2) is 61.5 Å². The van der Waals surface area contributed by atoms with Gasteiger partial charge in [-0.25, -0.2) is 0 Å². The minimum absolute atomic E-state index is 0.310. The molecular weight excluding hydrogens is 364 g/mol. The molecule has 0 saturated carbocycles. The van der Waals surface area contributed by atoms with Gasteiger partial charge in [-0.15, -0.1) is 0 Å². The zero-order valence-corrected chi connectivity index (χ0v) is 16.2. The molecule has 4 amide bonds. The molecule has 9 nitrogen and oxygen atoms in total. The van der Waals surface area contributed by atoms with Crippen LogP contribution in [0.2, 0.25) is 0 Å². The van der Waals surface area contributed by atoms with Gasteiger partial charge in [0.25, 0.3) is 5.91 Å². The molecule has 2 atom stereocenters. The van der Waals surface area contributed by atoms with Crippen LogP contribution in [-0.2, 0) is 24.0 Å². The van der Waals surface area contributed by atoms with E-state index in [9.17, 15) is 24.0 Å². The van der Waals surface area contributed by atoms with E-state index in [1.807, 2.05) is 6.92 Å². The van der Waals surface area contributed by atoms with Crippen molar-refractivity contribution in [3.05, 3.63) is 35.9 Å². The average molecular weight is 390 g/mol. The van der Waals surface area contributed by atoms with Gasteiger partial charge in [-0.1, -0.05) is 43.7 Å². The van der Waals surface area contributed by atoms with Crippen molar-refractivity contribution in [3.8, 4) is 0 Å². The van der Waals surface area contributed by atoms with Gasteiger partial charge in [0, 0.05) is 14.1 Å². The Hall–Kier alpha value is -3.23. The van der Waals surface area contributed by atoms with Crippen LogP contribution in [0.3, 0.4) is 0 Å². The Morgan fingerprint density at radius 1 is 1.11 bits per heavy atom. The van der Waals surface area contributed by atoms with Gasteiger partial charge in [0.05, 0.1) is 12.6 Å². The van der Waals surface area contributed by atoms with E-state index in [-0.39, 0.29) is 5.91 Å². The monoisotopic (exact) mass is 390 g/mol. The number of likely N-dealkylation sites (N-methyl/N-ethyl adjacent to an activating group) is 1. The number of carbonyl (C=O) groups is 5. The third-order valence-electron chi connectivity index (χ3n) is 3.92. The summed E-state index contributed by atoms with van der Waals surface area (Å²) in [7, 11) is 3.14. The molecule has 1 rings (SSSR count). The average Bonchev–Trinajstić information content (AvgIpc) is 2.69. The summed E-state index contributed by atoms with van der Waals surface area (Å²) in [6, 6.07) is 6.83. The topological polar surface area (TPSA) is 125 Å². The molecule has 0 radical (unpaired) electrons. The number of hydrogen-bond donors (Lipinski definition) is 3. The van der Waals surface area contributed by atoms with Crippen molar-refractivity contribution in [3.63, 3.8) is 0 Å². The molecule has 0 fully saturated rings. The van der Waals surface area contributed by atoms with Crippen LogP contribution in [0.15, 0.2) is 30.3 Å². The fraction of sp³-hybridized carbons (Fsp3) is 0.421. The van der Waals surface area contributed by atoms with Crippen LogP contribution in [0, 0.1) is 0 Å². The lowest BCUT2D eigenvalue weighted by atomic mass is 10.1. The summed E-state index contributed by atoms with van der Waals surface area (Å²) in [5.74, 6) is -2.76. The summed E-state index contributed by atoms with van der Waals surface area (Å²) in [5, 5.41) is 7.07. The number of nitrogens with zero attached hydrogens (tertiary/aromatic N) is 1. The highest BCUT2D eigenvalue weighted by Gasteiger charge is 2.26. The number of Topliss-reactive ketones (excluding diaryl/α,β-unsaturated/α-hetero) is 1. The van der Waals surface area contributed by atoms with Gasteiger partial charge in [0.1, 0.15) is 6.04 Å². The first kappa shape index (κ1) is 22.8. The van der Waals surface area contributed by atoms with E-state index in [0.29, 0.717) is 24.8 Å². The number of ketones is 1. The number of benzene rings is 1. The zero-order valence-electron chi connectivity index (χ0n) is 16.2. The summed E-state index contributed by atoms with van der Waals surface area (Å²) >= 11 is 0. The standard InChI is InChI=1S/C19H26N4O5/c1-4-8-14(21-12-24)17(26)18(27)20-11-15(25)22-16(19(28)23(2)3)13-9-6-5-7-10-13/h5-7,9-10,12,14,16H,4,8,11H2,1-3H3,(H,20,27)(H,21,24)(H,22,25). The van der Waals surface area contributed by atoms with Crippen LogP contribution in [0.4, 0.5) is 0 Å². The molecule has 1 aromatic carbocycles. The number of nitrogens with one attached hydrogen (secondary N) is 3. The predicted octanol–water partition coefficient (Wildman–Crippen LogP) is -0.468. The van der Waals surface area contributed by atoms with Gasteiger partial charge in [0.2, 0.25) is 24.0 Å². The van der Waals surface area contributed by atoms with E-state index in [2.05, 4.69) is 16.0 Å². The SMILES string of the molecule is CCCC(NC=O)C(=O)C(=O)NCC(=O)NC(C(=O)N(C)C)c1ccccc1. The molecule has 1 aromatic rings. The van der Waals surface area contributed by atoms with Gasteiger partial charge >= 0.3 is 0 Å². The molecule has 0 aliphatic carbocycles. The minimum Gasteiger partial charge on any atom is -0.348 e. The van der Waals surface area contributed by atoms with E-state index in [0.717, 1.165) is 0 Å². The Bertz CT molecular complexity index is 706. The number of amides is 4. The molecule has 0 spiro atoms.